The molecular weight excluding hydrogens is 110 g/mol. The molecule has 0 saturated carbocycles. The molecule has 0 unspecified atom stereocenters. The second-order valence-corrected chi connectivity index (χ2v) is 1.26. The Morgan fingerprint density at radius 2 is 1.71 bits per heavy atom. The third-order valence-corrected chi connectivity index (χ3v) is 0.335. The van der Waals surface area contributed by atoms with E-state index in [-0.39, 0.29) is 12.4 Å². The predicted molar refractivity (Wildman–Crippen MR) is 34.4 cm³/mol. The minimum Gasteiger partial charge on any atom is -0.339 e. The second kappa shape index (κ2) is 5.65. The zero-order valence-electron chi connectivity index (χ0n) is 4.86. The first-order valence-electron chi connectivity index (χ1n) is 1.87. The van der Waals surface area contributed by atoms with E-state index in [0.717, 1.165) is 0 Å². The molecule has 0 N–H and O–H groups in total. The third kappa shape index (κ3) is 10.7. The normalized spacial score (nSPS) is 5.00. The Labute approximate surface area is 51.1 Å². The molecule has 0 bridgehead atoms. The van der Waals surface area contributed by atoms with E-state index in [2.05, 4.69) is 12.0 Å². The van der Waals surface area contributed by atoms with Crippen molar-refractivity contribution in [1.82, 2.24) is 4.90 Å². The molecule has 0 aliphatic rings. The van der Waals surface area contributed by atoms with Crippen LogP contribution < -0.4 is 0 Å². The number of hydrogen-bond donors (Lipinski definition) is 0. The Kier molecular flexibility index (Phi) is 7.92. The second-order valence-electron chi connectivity index (χ2n) is 1.26. The number of hydrogen-bond acceptors (Lipinski definition) is 1. The van der Waals surface area contributed by atoms with Gasteiger partial charge in [0.25, 0.3) is 0 Å². The molecule has 0 atom stereocenters. The summed E-state index contributed by atoms with van der Waals surface area (Å²) >= 11 is 0. The van der Waals surface area contributed by atoms with Crippen molar-refractivity contribution in [3.05, 3.63) is 0 Å². The van der Waals surface area contributed by atoms with Crippen molar-refractivity contribution in [2.24, 2.45) is 0 Å². The van der Waals surface area contributed by atoms with Crippen molar-refractivity contribution < 1.29 is 0 Å². The fourth-order valence-electron chi connectivity index (χ4n) is 0.224. The lowest BCUT2D eigenvalue weighted by molar-refractivity contribution is 0.597. The molecule has 0 aromatic rings. The summed E-state index contributed by atoms with van der Waals surface area (Å²) in [5.41, 5.74) is 0. The van der Waals surface area contributed by atoms with Crippen LogP contribution in [0, 0.1) is 12.0 Å². The minimum absolute atomic E-state index is 0. The summed E-state index contributed by atoms with van der Waals surface area (Å²) in [6.07, 6.45) is 0. The van der Waals surface area contributed by atoms with Gasteiger partial charge in [-0.2, -0.15) is 0 Å². The maximum absolute atomic E-state index is 2.79. The lowest BCUT2D eigenvalue weighted by Crippen LogP contribution is -2.00. The average Bonchev–Trinajstić information content (AvgIpc) is 1.35. The standard InChI is InChI=1S/C5H9N.ClH/c1-4-5-6(2)3;/h1-3H3;1H. The lowest BCUT2D eigenvalue weighted by atomic mass is 10.7. The number of nitrogens with zero attached hydrogens (tertiary/aromatic N) is 1. The maximum Gasteiger partial charge on any atom is 0.0144 e. The third-order valence-electron chi connectivity index (χ3n) is 0.335. The van der Waals surface area contributed by atoms with Gasteiger partial charge in [0, 0.05) is 20.1 Å². The van der Waals surface area contributed by atoms with Crippen LogP contribution in [-0.4, -0.2) is 19.0 Å². The summed E-state index contributed by atoms with van der Waals surface area (Å²) in [5, 5.41) is 0. The molecule has 0 spiro atoms. The van der Waals surface area contributed by atoms with Crippen molar-refractivity contribution in [3.8, 4) is 12.0 Å². The van der Waals surface area contributed by atoms with E-state index in [0.29, 0.717) is 0 Å². The maximum atomic E-state index is 2.79. The molecule has 0 amide bonds. The molecule has 0 aliphatic heterocycles. The quantitative estimate of drug-likeness (QED) is 0.339. The van der Waals surface area contributed by atoms with Gasteiger partial charge in [0.15, 0.2) is 0 Å². The molecule has 7 heavy (non-hydrogen) atoms. The van der Waals surface area contributed by atoms with E-state index in [9.17, 15) is 0 Å². The van der Waals surface area contributed by atoms with E-state index >= 15 is 0 Å². The van der Waals surface area contributed by atoms with Gasteiger partial charge in [-0.1, -0.05) is 5.92 Å². The summed E-state index contributed by atoms with van der Waals surface area (Å²) in [6.45, 7) is 1.82. The molecule has 0 fully saturated rings. The average molecular weight is 120 g/mol. The van der Waals surface area contributed by atoms with Gasteiger partial charge in [-0.15, -0.1) is 12.4 Å². The van der Waals surface area contributed by atoms with Gasteiger partial charge in [0.2, 0.25) is 0 Å². The smallest absolute Gasteiger partial charge is 0.0144 e. The van der Waals surface area contributed by atoms with Gasteiger partial charge in [0.1, 0.15) is 0 Å². The van der Waals surface area contributed by atoms with Gasteiger partial charge < -0.3 is 4.90 Å². The largest absolute Gasteiger partial charge is 0.339 e. The van der Waals surface area contributed by atoms with Crippen LogP contribution in [-0.2, 0) is 0 Å². The first-order chi connectivity index (χ1) is 2.77. The van der Waals surface area contributed by atoms with Crippen molar-refractivity contribution in [2.45, 2.75) is 6.92 Å². The van der Waals surface area contributed by atoms with Crippen LogP contribution in [0.5, 0.6) is 0 Å². The van der Waals surface area contributed by atoms with Crippen LogP contribution in [0.25, 0.3) is 0 Å². The first-order valence-corrected chi connectivity index (χ1v) is 1.87. The molecular formula is C5H10ClN. The highest BCUT2D eigenvalue weighted by atomic mass is 35.5. The van der Waals surface area contributed by atoms with Gasteiger partial charge >= 0.3 is 0 Å². The molecule has 0 saturated heterocycles. The van der Waals surface area contributed by atoms with Crippen LogP contribution in [0.1, 0.15) is 6.92 Å². The van der Waals surface area contributed by atoms with Crippen LogP contribution in [0.4, 0.5) is 0 Å². The first kappa shape index (κ1) is 9.82. The van der Waals surface area contributed by atoms with Crippen molar-refractivity contribution >= 4 is 12.4 Å². The van der Waals surface area contributed by atoms with E-state index in [1.165, 1.54) is 0 Å². The van der Waals surface area contributed by atoms with Gasteiger partial charge in [-0.3, -0.25) is 0 Å². The Morgan fingerprint density at radius 3 is 1.71 bits per heavy atom. The van der Waals surface area contributed by atoms with E-state index in [1.807, 2.05) is 25.9 Å². The molecule has 0 aromatic heterocycles. The monoisotopic (exact) mass is 119 g/mol. The van der Waals surface area contributed by atoms with Gasteiger partial charge in [-0.25, -0.2) is 0 Å². The summed E-state index contributed by atoms with van der Waals surface area (Å²) < 4.78 is 0. The SMILES string of the molecule is CC#CN(C)C.Cl. The predicted octanol–water partition coefficient (Wildman–Crippen LogP) is 0.951. The highest BCUT2D eigenvalue weighted by molar-refractivity contribution is 5.85. The summed E-state index contributed by atoms with van der Waals surface area (Å²) in [5.74, 6) is 2.74. The van der Waals surface area contributed by atoms with E-state index in [1.54, 1.807) is 0 Å². The van der Waals surface area contributed by atoms with Crippen molar-refractivity contribution in [1.29, 1.82) is 0 Å². The molecule has 0 rings (SSSR count). The minimum atomic E-state index is 0. The number of halogens is 1. The Bertz CT molecular complexity index is 77.8. The van der Waals surface area contributed by atoms with Crippen LogP contribution in [0.3, 0.4) is 0 Å². The van der Waals surface area contributed by atoms with Gasteiger partial charge in [-0.05, 0) is 6.92 Å². The Morgan fingerprint density at radius 1 is 1.29 bits per heavy atom. The summed E-state index contributed by atoms with van der Waals surface area (Å²) in [7, 11) is 3.83. The molecule has 0 aliphatic carbocycles. The van der Waals surface area contributed by atoms with E-state index < -0.39 is 0 Å². The van der Waals surface area contributed by atoms with E-state index in [4.69, 9.17) is 0 Å². The number of rotatable bonds is 0. The summed E-state index contributed by atoms with van der Waals surface area (Å²) in [4.78, 5) is 1.82. The van der Waals surface area contributed by atoms with Gasteiger partial charge in [0.05, 0.1) is 0 Å². The zero-order chi connectivity index (χ0) is 4.99. The molecule has 0 heterocycles. The highest BCUT2D eigenvalue weighted by Crippen LogP contribution is 1.60. The molecule has 2 heteroatoms. The molecule has 0 aromatic carbocycles. The fourth-order valence-corrected chi connectivity index (χ4v) is 0.224. The Hall–Kier alpha value is -0.350. The molecule has 42 valence electrons. The summed E-state index contributed by atoms with van der Waals surface area (Å²) in [6, 6.07) is 2.79. The highest BCUT2D eigenvalue weighted by Gasteiger charge is 1.64. The van der Waals surface area contributed by atoms with Crippen LogP contribution in [0.15, 0.2) is 0 Å². The van der Waals surface area contributed by atoms with Crippen molar-refractivity contribution in [2.75, 3.05) is 14.1 Å². The zero-order valence-corrected chi connectivity index (χ0v) is 5.67. The van der Waals surface area contributed by atoms with Crippen LogP contribution in [0.2, 0.25) is 0 Å². The lowest BCUT2D eigenvalue weighted by Gasteiger charge is -1.94. The van der Waals surface area contributed by atoms with Crippen LogP contribution >= 0.6 is 12.4 Å². The molecule has 1 nitrogen and oxygen atoms in total. The molecule has 0 radical (unpaired) electrons. The fraction of sp³-hybridized carbons (Fsp3) is 0.600. The Balaban J connectivity index is 0. The topological polar surface area (TPSA) is 3.24 Å². The van der Waals surface area contributed by atoms with Crippen molar-refractivity contribution in [3.63, 3.8) is 0 Å².